The lowest BCUT2D eigenvalue weighted by atomic mass is 10.2. The summed E-state index contributed by atoms with van der Waals surface area (Å²) in [6, 6.07) is 8.82. The van der Waals surface area contributed by atoms with Crippen LogP contribution in [0, 0.1) is 0 Å². The highest BCUT2D eigenvalue weighted by atomic mass is 32.2. The number of rotatable bonds is 7. The summed E-state index contributed by atoms with van der Waals surface area (Å²) in [6.45, 7) is 0.491. The van der Waals surface area contributed by atoms with Crippen LogP contribution >= 0.6 is 23.1 Å². The number of carbonyl (C=O) groups excluding carboxylic acids is 1. The van der Waals surface area contributed by atoms with E-state index in [0.717, 1.165) is 47.5 Å². The third kappa shape index (κ3) is 5.52. The van der Waals surface area contributed by atoms with Crippen molar-refractivity contribution in [3.63, 3.8) is 0 Å². The molecule has 11 heteroatoms. The SMILES string of the molecule is O=C(CSc1nc(=O)n(Cc2cccs2)c2c1CCC2)Nc1ccc(OC(F)(F)F)cc1. The second kappa shape index (κ2) is 9.37. The molecule has 0 saturated heterocycles. The zero-order valence-corrected chi connectivity index (χ0v) is 18.3. The number of thiophene rings is 1. The van der Waals surface area contributed by atoms with Crippen LogP contribution in [0.25, 0.3) is 0 Å². The first-order valence-corrected chi connectivity index (χ1v) is 11.6. The normalized spacial score (nSPS) is 13.1. The number of halogens is 3. The highest BCUT2D eigenvalue weighted by molar-refractivity contribution is 8.00. The Morgan fingerprint density at radius 2 is 2.00 bits per heavy atom. The van der Waals surface area contributed by atoms with Crippen LogP contribution < -0.4 is 15.7 Å². The summed E-state index contributed by atoms with van der Waals surface area (Å²) in [6.07, 6.45) is -2.24. The predicted octanol–water partition coefficient (Wildman–Crippen LogP) is 4.47. The number of amides is 1. The van der Waals surface area contributed by atoms with Crippen LogP contribution in [0.15, 0.2) is 51.6 Å². The average Bonchev–Trinajstić information content (AvgIpc) is 3.41. The third-order valence-electron chi connectivity index (χ3n) is 4.81. The quantitative estimate of drug-likeness (QED) is 0.398. The minimum Gasteiger partial charge on any atom is -0.406 e. The van der Waals surface area contributed by atoms with Crippen molar-refractivity contribution in [1.82, 2.24) is 9.55 Å². The Bertz CT molecular complexity index is 1160. The molecule has 1 aromatic carbocycles. The van der Waals surface area contributed by atoms with E-state index >= 15 is 0 Å². The molecule has 0 spiro atoms. The number of aromatic nitrogens is 2. The fourth-order valence-electron chi connectivity index (χ4n) is 3.50. The molecule has 0 saturated carbocycles. The van der Waals surface area contributed by atoms with Gasteiger partial charge in [0.2, 0.25) is 5.91 Å². The standard InChI is InChI=1S/C21H18F3N3O3S2/c22-21(23,24)30-14-8-6-13(7-9-14)25-18(28)12-32-19-16-4-1-5-17(16)27(20(29)26-19)11-15-3-2-10-31-15/h2-3,6-10H,1,4-5,11-12H2,(H,25,28). The lowest BCUT2D eigenvalue weighted by molar-refractivity contribution is -0.274. The highest BCUT2D eigenvalue weighted by Gasteiger charge is 2.31. The van der Waals surface area contributed by atoms with E-state index in [1.807, 2.05) is 17.5 Å². The fraction of sp³-hybridized carbons (Fsp3) is 0.286. The predicted molar refractivity (Wildman–Crippen MR) is 116 cm³/mol. The summed E-state index contributed by atoms with van der Waals surface area (Å²) in [7, 11) is 0. The molecule has 0 unspecified atom stereocenters. The lowest BCUT2D eigenvalue weighted by Crippen LogP contribution is -2.27. The molecule has 2 aromatic heterocycles. The van der Waals surface area contributed by atoms with Crippen molar-refractivity contribution in [2.75, 3.05) is 11.1 Å². The first-order valence-electron chi connectivity index (χ1n) is 9.72. The number of alkyl halides is 3. The van der Waals surface area contributed by atoms with Gasteiger partial charge in [0.15, 0.2) is 0 Å². The maximum atomic E-state index is 12.6. The monoisotopic (exact) mass is 481 g/mol. The van der Waals surface area contributed by atoms with Gasteiger partial charge in [0, 0.05) is 21.8 Å². The van der Waals surface area contributed by atoms with Crippen LogP contribution in [0.1, 0.15) is 22.6 Å². The highest BCUT2D eigenvalue weighted by Crippen LogP contribution is 2.30. The van der Waals surface area contributed by atoms with Gasteiger partial charge in [-0.3, -0.25) is 9.36 Å². The Morgan fingerprint density at radius 1 is 1.22 bits per heavy atom. The van der Waals surface area contributed by atoms with Gasteiger partial charge in [-0.25, -0.2) is 4.79 Å². The summed E-state index contributed by atoms with van der Waals surface area (Å²) in [5.41, 5.74) is 1.99. The maximum Gasteiger partial charge on any atom is 0.573 e. The Labute approximate surface area is 189 Å². The largest absolute Gasteiger partial charge is 0.573 e. The van der Waals surface area contributed by atoms with Crippen molar-refractivity contribution >= 4 is 34.7 Å². The number of ether oxygens (including phenoxy) is 1. The van der Waals surface area contributed by atoms with Gasteiger partial charge >= 0.3 is 12.1 Å². The first-order chi connectivity index (χ1) is 15.3. The van der Waals surface area contributed by atoms with E-state index in [1.165, 1.54) is 23.9 Å². The Kier molecular flexibility index (Phi) is 6.56. The fourth-order valence-corrected chi connectivity index (χ4v) is 5.07. The summed E-state index contributed by atoms with van der Waals surface area (Å²) in [5, 5.41) is 5.15. The van der Waals surface area contributed by atoms with Crippen LogP contribution in [-0.2, 0) is 24.2 Å². The molecule has 2 heterocycles. The third-order valence-corrected chi connectivity index (χ3v) is 6.69. The van der Waals surface area contributed by atoms with Gasteiger partial charge in [-0.2, -0.15) is 4.98 Å². The van der Waals surface area contributed by atoms with E-state index in [4.69, 9.17) is 0 Å². The summed E-state index contributed by atoms with van der Waals surface area (Å²) in [4.78, 5) is 30.3. The summed E-state index contributed by atoms with van der Waals surface area (Å²) < 4.78 is 42.2. The molecule has 1 aliphatic carbocycles. The smallest absolute Gasteiger partial charge is 0.406 e. The zero-order valence-electron chi connectivity index (χ0n) is 16.6. The van der Waals surface area contributed by atoms with Crippen molar-refractivity contribution in [3.8, 4) is 5.75 Å². The van der Waals surface area contributed by atoms with Crippen molar-refractivity contribution in [2.45, 2.75) is 37.2 Å². The van der Waals surface area contributed by atoms with E-state index in [-0.39, 0.29) is 23.1 Å². The number of benzene rings is 1. The number of carbonyl (C=O) groups is 1. The van der Waals surface area contributed by atoms with Crippen LogP contribution in [0.2, 0.25) is 0 Å². The topological polar surface area (TPSA) is 73.2 Å². The molecule has 6 nitrogen and oxygen atoms in total. The first kappa shape index (κ1) is 22.4. The van der Waals surface area contributed by atoms with Crippen LogP contribution in [0.4, 0.5) is 18.9 Å². The molecule has 168 valence electrons. The van der Waals surface area contributed by atoms with E-state index in [2.05, 4.69) is 15.0 Å². The number of fused-ring (bicyclic) bond motifs is 1. The zero-order chi connectivity index (χ0) is 22.7. The molecule has 0 radical (unpaired) electrons. The van der Waals surface area contributed by atoms with Crippen molar-refractivity contribution < 1.29 is 22.7 Å². The average molecular weight is 482 g/mol. The number of nitrogens with zero attached hydrogens (tertiary/aromatic N) is 2. The number of hydrogen-bond acceptors (Lipinski definition) is 6. The number of anilines is 1. The number of hydrogen-bond donors (Lipinski definition) is 1. The molecule has 32 heavy (non-hydrogen) atoms. The molecule has 4 rings (SSSR count). The number of nitrogens with one attached hydrogen (secondary N) is 1. The molecular formula is C21H18F3N3O3S2. The van der Waals surface area contributed by atoms with Crippen molar-refractivity contribution in [3.05, 3.63) is 68.4 Å². The van der Waals surface area contributed by atoms with E-state index in [1.54, 1.807) is 15.9 Å². The Hall–Kier alpha value is -2.79. The molecule has 1 aliphatic rings. The Morgan fingerprint density at radius 3 is 2.69 bits per heavy atom. The minimum absolute atomic E-state index is 0.0224. The second-order valence-electron chi connectivity index (χ2n) is 7.05. The number of thioether (sulfide) groups is 1. The molecule has 0 bridgehead atoms. The van der Waals surface area contributed by atoms with Gasteiger partial charge in [0.05, 0.1) is 12.3 Å². The van der Waals surface area contributed by atoms with Gasteiger partial charge in [-0.15, -0.1) is 24.5 Å². The second-order valence-corrected chi connectivity index (χ2v) is 9.05. The molecule has 0 aliphatic heterocycles. The van der Waals surface area contributed by atoms with Gasteiger partial charge in [0.25, 0.3) is 0 Å². The van der Waals surface area contributed by atoms with Crippen molar-refractivity contribution in [2.24, 2.45) is 0 Å². The van der Waals surface area contributed by atoms with Gasteiger partial charge in [0.1, 0.15) is 10.8 Å². The van der Waals surface area contributed by atoms with E-state index in [9.17, 15) is 22.8 Å². The van der Waals surface area contributed by atoms with Gasteiger partial charge < -0.3 is 10.1 Å². The molecule has 0 fully saturated rings. The lowest BCUT2D eigenvalue weighted by Gasteiger charge is -2.13. The summed E-state index contributed by atoms with van der Waals surface area (Å²) >= 11 is 2.77. The van der Waals surface area contributed by atoms with Crippen molar-refractivity contribution in [1.29, 1.82) is 0 Å². The van der Waals surface area contributed by atoms with Crippen LogP contribution in [0.5, 0.6) is 5.75 Å². The molecule has 3 aromatic rings. The van der Waals surface area contributed by atoms with E-state index in [0.29, 0.717) is 17.3 Å². The molecular weight excluding hydrogens is 463 g/mol. The van der Waals surface area contributed by atoms with Crippen LogP contribution in [-0.4, -0.2) is 27.6 Å². The molecule has 0 atom stereocenters. The maximum absolute atomic E-state index is 12.6. The van der Waals surface area contributed by atoms with E-state index < -0.39 is 6.36 Å². The minimum atomic E-state index is -4.77. The van der Waals surface area contributed by atoms with Crippen LogP contribution in [0.3, 0.4) is 0 Å². The molecule has 1 amide bonds. The van der Waals surface area contributed by atoms with Gasteiger partial charge in [-0.05, 0) is 55.0 Å². The summed E-state index contributed by atoms with van der Waals surface area (Å²) in [5.74, 6) is -0.696. The molecule has 1 N–H and O–H groups in total. The van der Waals surface area contributed by atoms with Gasteiger partial charge in [-0.1, -0.05) is 17.8 Å². The Balaban J connectivity index is 1.40.